The molecule has 26 heavy (non-hydrogen) atoms. The molecule has 1 aromatic carbocycles. The van der Waals surface area contributed by atoms with Crippen LogP contribution < -0.4 is 14.2 Å². The van der Waals surface area contributed by atoms with Crippen molar-refractivity contribution >= 4 is 0 Å². The van der Waals surface area contributed by atoms with Crippen molar-refractivity contribution in [3.05, 3.63) is 41.0 Å². The summed E-state index contributed by atoms with van der Waals surface area (Å²) in [7, 11) is 4.97. The summed E-state index contributed by atoms with van der Waals surface area (Å²) in [5, 5.41) is 0. The molecule has 4 rings (SSSR count). The minimum Gasteiger partial charge on any atom is -0.496 e. The Hall–Kier alpha value is -2.34. The van der Waals surface area contributed by atoms with Gasteiger partial charge in [-0.25, -0.2) is 9.97 Å². The minimum absolute atomic E-state index is 0.606. The number of nitrogens with zero attached hydrogens (tertiary/aromatic N) is 3. The molecule has 2 aromatic rings. The third-order valence-electron chi connectivity index (χ3n) is 5.15. The third kappa shape index (κ3) is 3.33. The number of ether oxygens (including phenoxy) is 3. The SMILES string of the molecule is COc1cc(OC)c(OC)cc1CN1CCc2nc(C3CC3)ncc2C1. The lowest BCUT2D eigenvalue weighted by Gasteiger charge is -2.28. The van der Waals surface area contributed by atoms with E-state index in [1.54, 1.807) is 21.3 Å². The van der Waals surface area contributed by atoms with Crippen molar-refractivity contribution in [3.8, 4) is 17.2 Å². The van der Waals surface area contributed by atoms with Gasteiger partial charge in [-0.1, -0.05) is 0 Å². The highest BCUT2D eigenvalue weighted by molar-refractivity contribution is 5.50. The number of methoxy groups -OCH3 is 3. The Morgan fingerprint density at radius 2 is 1.77 bits per heavy atom. The van der Waals surface area contributed by atoms with E-state index in [0.29, 0.717) is 11.7 Å². The summed E-state index contributed by atoms with van der Waals surface area (Å²) < 4.78 is 16.4. The van der Waals surface area contributed by atoms with Crippen molar-refractivity contribution < 1.29 is 14.2 Å². The topological polar surface area (TPSA) is 56.7 Å². The first-order chi connectivity index (χ1) is 12.7. The fourth-order valence-corrected chi connectivity index (χ4v) is 3.52. The van der Waals surface area contributed by atoms with E-state index in [0.717, 1.165) is 48.9 Å². The highest BCUT2D eigenvalue weighted by Crippen LogP contribution is 2.39. The largest absolute Gasteiger partial charge is 0.496 e. The third-order valence-corrected chi connectivity index (χ3v) is 5.15. The zero-order chi connectivity index (χ0) is 18.1. The highest BCUT2D eigenvalue weighted by atomic mass is 16.5. The van der Waals surface area contributed by atoms with Gasteiger partial charge in [-0.3, -0.25) is 4.90 Å². The molecule has 1 fully saturated rings. The van der Waals surface area contributed by atoms with Crippen LogP contribution in [0, 0.1) is 0 Å². The standard InChI is InChI=1S/C20H25N3O3/c1-24-17-9-19(26-3)18(25-2)8-14(17)11-23-7-6-16-15(12-23)10-21-20(22-16)13-4-5-13/h8-10,13H,4-7,11-12H2,1-3H3. The normalized spacial score (nSPS) is 16.9. The predicted octanol–water partition coefficient (Wildman–Crippen LogP) is 2.94. The van der Waals surface area contributed by atoms with Crippen LogP contribution in [-0.4, -0.2) is 42.7 Å². The zero-order valence-electron chi connectivity index (χ0n) is 15.6. The molecule has 1 aliphatic carbocycles. The van der Waals surface area contributed by atoms with Crippen LogP contribution in [0.2, 0.25) is 0 Å². The number of hydrogen-bond acceptors (Lipinski definition) is 6. The van der Waals surface area contributed by atoms with E-state index in [2.05, 4.69) is 9.88 Å². The van der Waals surface area contributed by atoms with Crippen LogP contribution in [0.1, 0.15) is 41.4 Å². The van der Waals surface area contributed by atoms with Crippen molar-refractivity contribution in [1.29, 1.82) is 0 Å². The number of rotatable bonds is 6. The molecule has 1 aromatic heterocycles. The molecule has 0 amide bonds. The van der Waals surface area contributed by atoms with E-state index < -0.39 is 0 Å². The Bertz CT molecular complexity index is 805. The molecule has 0 unspecified atom stereocenters. The monoisotopic (exact) mass is 355 g/mol. The van der Waals surface area contributed by atoms with Crippen molar-refractivity contribution in [2.24, 2.45) is 0 Å². The molecule has 0 atom stereocenters. The number of benzene rings is 1. The summed E-state index contributed by atoms with van der Waals surface area (Å²) in [6.45, 7) is 2.62. The molecule has 0 saturated heterocycles. The summed E-state index contributed by atoms with van der Waals surface area (Å²) in [5.74, 6) is 3.86. The van der Waals surface area contributed by atoms with Gasteiger partial charge >= 0.3 is 0 Å². The average Bonchev–Trinajstić information content (AvgIpc) is 3.52. The van der Waals surface area contributed by atoms with E-state index >= 15 is 0 Å². The van der Waals surface area contributed by atoms with Crippen molar-refractivity contribution in [2.45, 2.75) is 38.3 Å². The van der Waals surface area contributed by atoms with Crippen molar-refractivity contribution in [1.82, 2.24) is 14.9 Å². The fourth-order valence-electron chi connectivity index (χ4n) is 3.52. The Kier molecular flexibility index (Phi) is 4.68. The molecule has 6 heteroatoms. The second kappa shape index (κ2) is 7.11. The second-order valence-corrected chi connectivity index (χ2v) is 6.95. The van der Waals surface area contributed by atoms with Gasteiger partial charge in [0.15, 0.2) is 11.5 Å². The first-order valence-corrected chi connectivity index (χ1v) is 9.07. The van der Waals surface area contributed by atoms with Crippen LogP contribution in [0.15, 0.2) is 18.3 Å². The molecular weight excluding hydrogens is 330 g/mol. The molecular formula is C20H25N3O3. The number of fused-ring (bicyclic) bond motifs is 1. The molecule has 1 saturated carbocycles. The maximum atomic E-state index is 5.56. The summed E-state index contributed by atoms with van der Waals surface area (Å²) >= 11 is 0. The van der Waals surface area contributed by atoms with Crippen LogP contribution in [-0.2, 0) is 19.5 Å². The maximum absolute atomic E-state index is 5.56. The fraction of sp³-hybridized carbons (Fsp3) is 0.500. The summed E-state index contributed by atoms with van der Waals surface area (Å²) in [6, 6.07) is 3.89. The predicted molar refractivity (Wildman–Crippen MR) is 97.9 cm³/mol. The average molecular weight is 355 g/mol. The van der Waals surface area contributed by atoms with Gasteiger partial charge < -0.3 is 14.2 Å². The van der Waals surface area contributed by atoms with E-state index in [1.807, 2.05) is 18.3 Å². The van der Waals surface area contributed by atoms with Crippen LogP contribution in [0.25, 0.3) is 0 Å². The number of hydrogen-bond donors (Lipinski definition) is 0. The summed E-state index contributed by atoms with van der Waals surface area (Å²) in [6.07, 6.45) is 5.47. The van der Waals surface area contributed by atoms with Crippen LogP contribution in [0.5, 0.6) is 17.2 Å². The maximum Gasteiger partial charge on any atom is 0.164 e. The second-order valence-electron chi connectivity index (χ2n) is 6.95. The molecule has 0 spiro atoms. The molecule has 6 nitrogen and oxygen atoms in total. The van der Waals surface area contributed by atoms with Gasteiger partial charge in [-0.15, -0.1) is 0 Å². The van der Waals surface area contributed by atoms with Crippen LogP contribution in [0.4, 0.5) is 0 Å². The van der Waals surface area contributed by atoms with E-state index in [4.69, 9.17) is 19.2 Å². The van der Waals surface area contributed by atoms with Gasteiger partial charge in [-0.2, -0.15) is 0 Å². The zero-order valence-corrected chi connectivity index (χ0v) is 15.6. The van der Waals surface area contributed by atoms with Crippen LogP contribution in [0.3, 0.4) is 0 Å². The lowest BCUT2D eigenvalue weighted by molar-refractivity contribution is 0.238. The van der Waals surface area contributed by atoms with Gasteiger partial charge in [0, 0.05) is 61.1 Å². The van der Waals surface area contributed by atoms with Gasteiger partial charge in [0.2, 0.25) is 0 Å². The molecule has 138 valence electrons. The highest BCUT2D eigenvalue weighted by Gasteiger charge is 2.28. The molecule has 0 N–H and O–H groups in total. The first kappa shape index (κ1) is 17.1. The molecule has 1 aliphatic heterocycles. The Labute approximate surface area is 154 Å². The summed E-state index contributed by atoms with van der Waals surface area (Å²) in [4.78, 5) is 11.8. The summed E-state index contributed by atoms with van der Waals surface area (Å²) in [5.41, 5.74) is 3.54. The number of aromatic nitrogens is 2. The van der Waals surface area contributed by atoms with Crippen LogP contribution >= 0.6 is 0 Å². The van der Waals surface area contributed by atoms with Gasteiger partial charge in [0.25, 0.3) is 0 Å². The van der Waals surface area contributed by atoms with E-state index in [-0.39, 0.29) is 0 Å². The Morgan fingerprint density at radius 3 is 2.46 bits per heavy atom. The lowest BCUT2D eigenvalue weighted by atomic mass is 10.1. The van der Waals surface area contributed by atoms with Gasteiger partial charge in [0.1, 0.15) is 11.6 Å². The smallest absolute Gasteiger partial charge is 0.164 e. The van der Waals surface area contributed by atoms with Gasteiger partial charge in [0.05, 0.1) is 21.3 Å². The van der Waals surface area contributed by atoms with Gasteiger partial charge in [-0.05, 0) is 18.9 Å². The molecule has 0 bridgehead atoms. The Morgan fingerprint density at radius 1 is 1.04 bits per heavy atom. The molecule has 0 radical (unpaired) electrons. The van der Waals surface area contributed by atoms with Crippen molar-refractivity contribution in [2.75, 3.05) is 27.9 Å². The Balaban J connectivity index is 1.53. The van der Waals surface area contributed by atoms with E-state index in [9.17, 15) is 0 Å². The van der Waals surface area contributed by atoms with E-state index in [1.165, 1.54) is 24.1 Å². The minimum atomic E-state index is 0.606. The molecule has 2 aliphatic rings. The lowest BCUT2D eigenvalue weighted by Crippen LogP contribution is -2.31. The molecule has 2 heterocycles. The van der Waals surface area contributed by atoms with Crippen molar-refractivity contribution in [3.63, 3.8) is 0 Å². The quantitative estimate of drug-likeness (QED) is 0.794. The first-order valence-electron chi connectivity index (χ1n) is 9.07.